The molecule has 102 valence electrons. The van der Waals surface area contributed by atoms with Crippen molar-refractivity contribution in [3.63, 3.8) is 0 Å². The smallest absolute Gasteiger partial charge is 0.242 e. The van der Waals surface area contributed by atoms with Crippen molar-refractivity contribution >= 4 is 15.7 Å². The quantitative estimate of drug-likeness (QED) is 0.605. The Morgan fingerprint density at radius 3 is 2.44 bits per heavy atom. The summed E-state index contributed by atoms with van der Waals surface area (Å²) in [4.78, 5) is 0.143. The van der Waals surface area contributed by atoms with E-state index in [0.717, 1.165) is 4.31 Å². The highest BCUT2D eigenvalue weighted by Crippen LogP contribution is 2.25. The topological polar surface area (TPSA) is 81.9 Å². The third-order valence-electron chi connectivity index (χ3n) is 2.30. The first kappa shape index (κ1) is 14.7. The monoisotopic (exact) mass is 274 g/mol. The minimum Gasteiger partial charge on any atom is -0.489 e. The molecule has 7 heteroatoms. The molecule has 1 aromatic rings. The van der Waals surface area contributed by atoms with Gasteiger partial charge in [-0.2, -0.15) is 0 Å². The number of hydrogen-bond donors (Lipinski definition) is 1. The summed E-state index contributed by atoms with van der Waals surface area (Å²) in [5, 5.41) is 0. The normalized spacial score (nSPS) is 11.8. The van der Waals surface area contributed by atoms with Gasteiger partial charge in [0.1, 0.15) is 12.4 Å². The molecule has 0 aromatic heterocycles. The van der Waals surface area contributed by atoms with E-state index in [4.69, 9.17) is 15.2 Å². The second-order valence-corrected chi connectivity index (χ2v) is 5.98. The molecule has 0 unspecified atom stereocenters. The van der Waals surface area contributed by atoms with Gasteiger partial charge in [0.2, 0.25) is 10.0 Å². The molecular formula is C11H18N2O4S. The third kappa shape index (κ3) is 3.34. The van der Waals surface area contributed by atoms with Gasteiger partial charge in [-0.05, 0) is 18.2 Å². The third-order valence-corrected chi connectivity index (χ3v) is 4.12. The van der Waals surface area contributed by atoms with Crippen molar-refractivity contribution in [1.29, 1.82) is 0 Å². The zero-order chi connectivity index (χ0) is 13.8. The van der Waals surface area contributed by atoms with Gasteiger partial charge in [-0.3, -0.25) is 0 Å². The van der Waals surface area contributed by atoms with Crippen LogP contribution in [0.1, 0.15) is 0 Å². The van der Waals surface area contributed by atoms with Crippen LogP contribution in [-0.2, 0) is 14.8 Å². The summed E-state index contributed by atoms with van der Waals surface area (Å²) in [7, 11) is 1.03. The van der Waals surface area contributed by atoms with Gasteiger partial charge in [-0.15, -0.1) is 0 Å². The van der Waals surface area contributed by atoms with Crippen molar-refractivity contribution in [3.8, 4) is 5.75 Å². The average molecular weight is 274 g/mol. The van der Waals surface area contributed by atoms with E-state index in [-0.39, 0.29) is 10.6 Å². The number of ether oxygens (including phenoxy) is 2. The molecular weight excluding hydrogens is 256 g/mol. The number of rotatable bonds is 6. The minimum absolute atomic E-state index is 0.143. The molecule has 6 nitrogen and oxygen atoms in total. The number of methoxy groups -OCH3 is 1. The zero-order valence-corrected chi connectivity index (χ0v) is 11.5. The van der Waals surface area contributed by atoms with Crippen molar-refractivity contribution in [2.45, 2.75) is 4.90 Å². The van der Waals surface area contributed by atoms with Crippen molar-refractivity contribution in [2.24, 2.45) is 0 Å². The molecule has 1 rings (SSSR count). The van der Waals surface area contributed by atoms with E-state index < -0.39 is 10.0 Å². The average Bonchev–Trinajstić information content (AvgIpc) is 2.31. The maximum atomic E-state index is 11.9. The predicted molar refractivity (Wildman–Crippen MR) is 69.1 cm³/mol. The Kier molecular flexibility index (Phi) is 4.94. The van der Waals surface area contributed by atoms with E-state index in [1.807, 2.05) is 0 Å². The SMILES string of the molecule is COCCOc1ccc(S(=O)(=O)N(C)C)cc1N. The van der Waals surface area contributed by atoms with Crippen molar-refractivity contribution in [1.82, 2.24) is 4.31 Å². The van der Waals surface area contributed by atoms with Crippen LogP contribution in [0.15, 0.2) is 23.1 Å². The molecule has 2 N–H and O–H groups in total. The fourth-order valence-electron chi connectivity index (χ4n) is 1.26. The number of nitrogens with two attached hydrogens (primary N) is 1. The highest BCUT2D eigenvalue weighted by atomic mass is 32.2. The second-order valence-electron chi connectivity index (χ2n) is 3.83. The molecule has 0 radical (unpaired) electrons. The van der Waals surface area contributed by atoms with Gasteiger partial charge in [-0.25, -0.2) is 12.7 Å². The lowest BCUT2D eigenvalue weighted by molar-refractivity contribution is 0.146. The summed E-state index contributed by atoms with van der Waals surface area (Å²) in [5.41, 5.74) is 6.04. The van der Waals surface area contributed by atoms with Crippen LogP contribution in [0.25, 0.3) is 0 Å². The zero-order valence-electron chi connectivity index (χ0n) is 10.7. The van der Waals surface area contributed by atoms with Gasteiger partial charge in [0.15, 0.2) is 0 Å². The molecule has 0 aliphatic carbocycles. The molecule has 0 heterocycles. The summed E-state index contributed by atoms with van der Waals surface area (Å²) in [6, 6.07) is 4.40. The lowest BCUT2D eigenvalue weighted by Crippen LogP contribution is -2.22. The van der Waals surface area contributed by atoms with Crippen LogP contribution >= 0.6 is 0 Å². The van der Waals surface area contributed by atoms with Gasteiger partial charge < -0.3 is 15.2 Å². The van der Waals surface area contributed by atoms with E-state index in [1.54, 1.807) is 13.2 Å². The van der Waals surface area contributed by atoms with Crippen molar-refractivity contribution in [3.05, 3.63) is 18.2 Å². The summed E-state index contributed by atoms with van der Waals surface area (Å²) < 4.78 is 35.1. The Hall–Kier alpha value is -1.31. The first-order valence-corrected chi connectivity index (χ1v) is 6.77. The largest absolute Gasteiger partial charge is 0.489 e. The number of hydrogen-bond acceptors (Lipinski definition) is 5. The summed E-state index contributed by atoms with van der Waals surface area (Å²) in [6.07, 6.45) is 0. The van der Waals surface area contributed by atoms with Gasteiger partial charge in [0.05, 0.1) is 17.2 Å². The molecule has 0 saturated carbocycles. The maximum Gasteiger partial charge on any atom is 0.242 e. The van der Waals surface area contributed by atoms with Crippen LogP contribution < -0.4 is 10.5 Å². The van der Waals surface area contributed by atoms with Crippen molar-refractivity contribution in [2.75, 3.05) is 40.2 Å². The van der Waals surface area contributed by atoms with Gasteiger partial charge in [0.25, 0.3) is 0 Å². The first-order chi connectivity index (χ1) is 8.39. The van der Waals surface area contributed by atoms with Gasteiger partial charge in [-0.1, -0.05) is 0 Å². The van der Waals surface area contributed by atoms with Crippen LogP contribution in [0.5, 0.6) is 5.75 Å². The first-order valence-electron chi connectivity index (χ1n) is 5.33. The molecule has 0 fully saturated rings. The van der Waals surface area contributed by atoms with Crippen molar-refractivity contribution < 1.29 is 17.9 Å². The molecule has 0 atom stereocenters. The van der Waals surface area contributed by atoms with E-state index in [9.17, 15) is 8.42 Å². The van der Waals surface area contributed by atoms with Gasteiger partial charge in [0, 0.05) is 21.2 Å². The number of benzene rings is 1. The number of anilines is 1. The Labute approximate surface area is 107 Å². The molecule has 1 aromatic carbocycles. The van der Waals surface area contributed by atoms with E-state index in [2.05, 4.69) is 0 Å². The fourth-order valence-corrected chi connectivity index (χ4v) is 2.20. The highest BCUT2D eigenvalue weighted by molar-refractivity contribution is 7.89. The predicted octanol–water partition coefficient (Wildman–Crippen LogP) is 0.544. The minimum atomic E-state index is -3.47. The summed E-state index contributed by atoms with van der Waals surface area (Å²) in [5.74, 6) is 0.449. The van der Waals surface area contributed by atoms with E-state index in [1.165, 1.54) is 26.2 Å². The number of nitrogens with zero attached hydrogens (tertiary/aromatic N) is 1. The Morgan fingerprint density at radius 2 is 1.94 bits per heavy atom. The Morgan fingerprint density at radius 1 is 1.28 bits per heavy atom. The number of sulfonamides is 1. The molecule has 0 amide bonds. The van der Waals surface area contributed by atoms with E-state index >= 15 is 0 Å². The van der Waals surface area contributed by atoms with Crippen LogP contribution in [0.3, 0.4) is 0 Å². The van der Waals surface area contributed by atoms with Gasteiger partial charge >= 0.3 is 0 Å². The summed E-state index contributed by atoms with van der Waals surface area (Å²) in [6.45, 7) is 0.803. The standard InChI is InChI=1S/C11H18N2O4S/c1-13(2)18(14,15)9-4-5-11(10(12)8-9)17-7-6-16-3/h4-5,8H,6-7,12H2,1-3H3. The van der Waals surface area contributed by atoms with Crippen LogP contribution in [0.4, 0.5) is 5.69 Å². The number of nitrogen functional groups attached to an aromatic ring is 1. The van der Waals surface area contributed by atoms with Crippen LogP contribution in [0.2, 0.25) is 0 Å². The molecule has 0 bridgehead atoms. The summed E-state index contributed by atoms with van der Waals surface area (Å²) >= 11 is 0. The maximum absolute atomic E-state index is 11.9. The Balaban J connectivity index is 2.93. The Bertz CT molecular complexity index is 500. The lowest BCUT2D eigenvalue weighted by atomic mass is 10.3. The molecule has 0 aliphatic heterocycles. The second kappa shape index (κ2) is 6.03. The highest BCUT2D eigenvalue weighted by Gasteiger charge is 2.18. The molecule has 0 saturated heterocycles. The van der Waals surface area contributed by atoms with Crippen LogP contribution in [-0.4, -0.2) is 47.1 Å². The fraction of sp³-hybridized carbons (Fsp3) is 0.455. The molecule has 0 spiro atoms. The van der Waals surface area contributed by atoms with E-state index in [0.29, 0.717) is 19.0 Å². The molecule has 0 aliphatic rings. The molecule has 18 heavy (non-hydrogen) atoms. The van der Waals surface area contributed by atoms with Crippen LogP contribution in [0, 0.1) is 0 Å². The lowest BCUT2D eigenvalue weighted by Gasteiger charge is -2.13.